The van der Waals surface area contributed by atoms with Crippen LogP contribution in [0.5, 0.6) is 0 Å². The summed E-state index contributed by atoms with van der Waals surface area (Å²) in [6.45, 7) is 2.75. The average Bonchev–Trinajstić information content (AvgIpc) is 2.85. The highest BCUT2D eigenvalue weighted by molar-refractivity contribution is 5.87. The van der Waals surface area contributed by atoms with Gasteiger partial charge in [0.2, 0.25) is 0 Å². The van der Waals surface area contributed by atoms with Crippen molar-refractivity contribution in [2.75, 3.05) is 13.2 Å². The number of carboxylic acids is 1. The molecule has 0 unspecified atom stereocenters. The van der Waals surface area contributed by atoms with Gasteiger partial charge in [0.25, 0.3) is 0 Å². The van der Waals surface area contributed by atoms with Gasteiger partial charge < -0.3 is 14.4 Å². The summed E-state index contributed by atoms with van der Waals surface area (Å²) < 4.78 is 7.31. The molecule has 0 amide bonds. The normalized spacial score (nSPS) is 16.9. The van der Waals surface area contributed by atoms with E-state index in [4.69, 9.17) is 9.84 Å². The summed E-state index contributed by atoms with van der Waals surface area (Å²) in [5.41, 5.74) is 0.374. The Morgan fingerprint density at radius 2 is 2.17 bits per heavy atom. The number of hydrogen-bond acceptors (Lipinski definition) is 2. The van der Waals surface area contributed by atoms with Gasteiger partial charge in [0.15, 0.2) is 0 Å². The van der Waals surface area contributed by atoms with Gasteiger partial charge in [-0.15, -0.1) is 0 Å². The van der Waals surface area contributed by atoms with Crippen molar-refractivity contribution in [3.05, 3.63) is 24.0 Å². The maximum atomic E-state index is 10.7. The molecule has 0 radical (unpaired) electrons. The van der Waals surface area contributed by atoms with E-state index in [2.05, 4.69) is 0 Å². The minimum atomic E-state index is -0.851. The summed E-state index contributed by atoms with van der Waals surface area (Å²) in [4.78, 5) is 10.7. The van der Waals surface area contributed by atoms with E-state index in [9.17, 15) is 4.79 Å². The summed E-state index contributed by atoms with van der Waals surface area (Å²) in [6.07, 6.45) is 9.56. The van der Waals surface area contributed by atoms with Crippen LogP contribution in [0.2, 0.25) is 0 Å². The van der Waals surface area contributed by atoms with E-state index in [0.717, 1.165) is 32.1 Å². The van der Waals surface area contributed by atoms with Crippen LogP contribution in [-0.4, -0.2) is 28.9 Å². The lowest BCUT2D eigenvalue weighted by Crippen LogP contribution is -2.15. The highest BCUT2D eigenvalue weighted by Crippen LogP contribution is 2.20. The third-order valence-corrected chi connectivity index (χ3v) is 3.62. The minimum absolute atomic E-state index is 0.374. The van der Waals surface area contributed by atoms with Crippen molar-refractivity contribution >= 4 is 5.97 Å². The van der Waals surface area contributed by atoms with E-state index >= 15 is 0 Å². The highest BCUT2D eigenvalue weighted by Gasteiger charge is 2.12. The smallest absolute Gasteiger partial charge is 0.337 e. The van der Waals surface area contributed by atoms with Crippen molar-refractivity contribution in [3.63, 3.8) is 0 Å². The molecule has 1 aliphatic rings. The maximum Gasteiger partial charge on any atom is 0.337 e. The minimum Gasteiger partial charge on any atom is -0.478 e. The fraction of sp³-hybridized carbons (Fsp3) is 0.643. The van der Waals surface area contributed by atoms with Gasteiger partial charge in [0, 0.05) is 32.2 Å². The van der Waals surface area contributed by atoms with Gasteiger partial charge in [-0.2, -0.15) is 0 Å². The Morgan fingerprint density at radius 3 is 2.83 bits per heavy atom. The first kappa shape index (κ1) is 13.1. The molecule has 1 aromatic rings. The Labute approximate surface area is 108 Å². The lowest BCUT2D eigenvalue weighted by atomic mass is 9.94. The molecule has 0 aromatic carbocycles. The average molecular weight is 251 g/mol. The number of carbonyl (C=O) groups is 1. The van der Waals surface area contributed by atoms with Gasteiger partial charge in [-0.3, -0.25) is 0 Å². The molecular weight excluding hydrogens is 230 g/mol. The second-order valence-corrected chi connectivity index (χ2v) is 4.99. The number of aromatic carboxylic acids is 1. The van der Waals surface area contributed by atoms with E-state index in [1.807, 2.05) is 10.8 Å². The number of carboxylic acid groups (broad SMARTS) is 1. The Hall–Kier alpha value is -1.29. The lowest BCUT2D eigenvalue weighted by Gasteiger charge is -2.21. The van der Waals surface area contributed by atoms with Crippen LogP contribution in [0.4, 0.5) is 0 Å². The molecule has 1 N–H and O–H groups in total. The third-order valence-electron chi connectivity index (χ3n) is 3.62. The quantitative estimate of drug-likeness (QED) is 0.791. The third kappa shape index (κ3) is 3.88. The number of nitrogens with zero attached hydrogens (tertiary/aromatic N) is 1. The fourth-order valence-corrected chi connectivity index (χ4v) is 2.47. The Balaban J connectivity index is 1.63. The van der Waals surface area contributed by atoms with Gasteiger partial charge >= 0.3 is 5.97 Å². The predicted octanol–water partition coefficient (Wildman–Crippen LogP) is 2.78. The number of rotatable bonds is 6. The summed E-state index contributed by atoms with van der Waals surface area (Å²) in [6, 6.07) is 1.65. The second-order valence-electron chi connectivity index (χ2n) is 4.99. The van der Waals surface area contributed by atoms with E-state index in [1.54, 1.807) is 12.3 Å². The van der Waals surface area contributed by atoms with Crippen molar-refractivity contribution in [3.8, 4) is 0 Å². The van der Waals surface area contributed by atoms with Gasteiger partial charge in [0.1, 0.15) is 0 Å². The van der Waals surface area contributed by atoms with Crippen LogP contribution in [0, 0.1) is 5.92 Å². The van der Waals surface area contributed by atoms with Crippen LogP contribution in [0.15, 0.2) is 18.5 Å². The molecule has 0 bridgehead atoms. The molecule has 1 fully saturated rings. The van der Waals surface area contributed by atoms with Crippen molar-refractivity contribution in [1.29, 1.82) is 0 Å². The molecule has 0 saturated carbocycles. The van der Waals surface area contributed by atoms with Gasteiger partial charge in [-0.25, -0.2) is 4.79 Å². The monoisotopic (exact) mass is 251 g/mol. The predicted molar refractivity (Wildman–Crippen MR) is 68.8 cm³/mol. The number of aryl methyl sites for hydroxylation is 1. The van der Waals surface area contributed by atoms with Crippen molar-refractivity contribution in [2.45, 2.75) is 38.6 Å². The first-order valence-corrected chi connectivity index (χ1v) is 6.72. The number of aromatic nitrogens is 1. The SMILES string of the molecule is O=C(O)c1ccn(CCCCC2CCOCC2)c1. The fourth-order valence-electron chi connectivity index (χ4n) is 2.47. The highest BCUT2D eigenvalue weighted by atomic mass is 16.5. The Kier molecular flexibility index (Phi) is 4.81. The molecule has 2 rings (SSSR count). The molecule has 4 heteroatoms. The molecule has 1 aliphatic heterocycles. The van der Waals surface area contributed by atoms with Crippen LogP contribution < -0.4 is 0 Å². The molecule has 4 nitrogen and oxygen atoms in total. The zero-order valence-corrected chi connectivity index (χ0v) is 10.7. The van der Waals surface area contributed by atoms with E-state index in [0.29, 0.717) is 5.56 Å². The maximum absolute atomic E-state index is 10.7. The van der Waals surface area contributed by atoms with E-state index in [1.165, 1.54) is 25.7 Å². The molecule has 1 saturated heterocycles. The first-order chi connectivity index (χ1) is 8.75. The Bertz CT molecular complexity index is 380. The largest absolute Gasteiger partial charge is 0.478 e. The molecule has 100 valence electrons. The van der Waals surface area contributed by atoms with Crippen LogP contribution in [0.25, 0.3) is 0 Å². The van der Waals surface area contributed by atoms with Crippen LogP contribution in [-0.2, 0) is 11.3 Å². The summed E-state index contributed by atoms with van der Waals surface area (Å²) in [7, 11) is 0. The molecule has 0 atom stereocenters. The van der Waals surface area contributed by atoms with Crippen molar-refractivity contribution < 1.29 is 14.6 Å². The lowest BCUT2D eigenvalue weighted by molar-refractivity contribution is 0.0630. The summed E-state index contributed by atoms with van der Waals surface area (Å²) in [5, 5.41) is 8.81. The standard InChI is InChI=1S/C14H21NO3/c16-14(17)13-4-8-15(11-13)7-2-1-3-12-5-9-18-10-6-12/h4,8,11-12H,1-3,5-7,9-10H2,(H,16,17). The van der Waals surface area contributed by atoms with Crippen molar-refractivity contribution in [1.82, 2.24) is 4.57 Å². The zero-order chi connectivity index (χ0) is 12.8. The molecular formula is C14H21NO3. The molecule has 0 aliphatic carbocycles. The summed E-state index contributed by atoms with van der Waals surface area (Å²) in [5.74, 6) is -0.0195. The number of ether oxygens (including phenoxy) is 1. The molecule has 1 aromatic heterocycles. The van der Waals surface area contributed by atoms with E-state index in [-0.39, 0.29) is 0 Å². The second kappa shape index (κ2) is 6.59. The van der Waals surface area contributed by atoms with Crippen LogP contribution in [0.1, 0.15) is 42.5 Å². The van der Waals surface area contributed by atoms with Gasteiger partial charge in [-0.1, -0.05) is 12.8 Å². The first-order valence-electron chi connectivity index (χ1n) is 6.72. The van der Waals surface area contributed by atoms with E-state index < -0.39 is 5.97 Å². The summed E-state index contributed by atoms with van der Waals surface area (Å²) >= 11 is 0. The Morgan fingerprint density at radius 1 is 1.39 bits per heavy atom. The van der Waals surface area contributed by atoms with Gasteiger partial charge in [-0.05, 0) is 31.2 Å². The molecule has 18 heavy (non-hydrogen) atoms. The number of unbranched alkanes of at least 4 members (excludes halogenated alkanes) is 1. The van der Waals surface area contributed by atoms with Crippen molar-refractivity contribution in [2.24, 2.45) is 5.92 Å². The zero-order valence-electron chi connectivity index (χ0n) is 10.7. The topological polar surface area (TPSA) is 51.5 Å². The van der Waals surface area contributed by atoms with Crippen LogP contribution >= 0.6 is 0 Å². The molecule has 0 spiro atoms. The van der Waals surface area contributed by atoms with Gasteiger partial charge in [0.05, 0.1) is 5.56 Å². The number of hydrogen-bond donors (Lipinski definition) is 1. The molecule has 2 heterocycles. The van der Waals surface area contributed by atoms with Crippen LogP contribution in [0.3, 0.4) is 0 Å².